The predicted octanol–water partition coefficient (Wildman–Crippen LogP) is 3.37. The van der Waals surface area contributed by atoms with Gasteiger partial charge in [-0.05, 0) is 31.5 Å². The van der Waals surface area contributed by atoms with Crippen molar-refractivity contribution in [1.29, 1.82) is 0 Å². The number of carbonyl (C=O) groups excluding carboxylic acids is 1. The van der Waals surface area contributed by atoms with Crippen molar-refractivity contribution < 1.29 is 13.6 Å². The van der Waals surface area contributed by atoms with Crippen LogP contribution in [-0.2, 0) is 4.79 Å². The lowest BCUT2D eigenvalue weighted by molar-refractivity contribution is -0.131. The molecule has 1 aromatic rings. The monoisotopic (exact) mass is 397 g/mol. The van der Waals surface area contributed by atoms with Crippen LogP contribution < -0.4 is 10.6 Å². The fraction of sp³-hybridized carbons (Fsp3) is 0.588. The Bertz CT molecular complexity index is 527. The van der Waals surface area contributed by atoms with E-state index >= 15 is 0 Å². The zero-order valence-corrected chi connectivity index (χ0v) is 15.9. The maximum Gasteiger partial charge on any atom is 0.222 e. The van der Waals surface area contributed by atoms with Gasteiger partial charge in [-0.3, -0.25) is 4.79 Å². The number of piperazine rings is 1. The molecule has 25 heavy (non-hydrogen) atoms. The molecule has 0 aromatic heterocycles. The minimum atomic E-state index is -0.447. The van der Waals surface area contributed by atoms with Gasteiger partial charge in [0, 0.05) is 38.7 Å². The highest BCUT2D eigenvalue weighted by atomic mass is 35.5. The first-order valence-electron chi connectivity index (χ1n) is 8.29. The fourth-order valence-corrected chi connectivity index (χ4v) is 2.86. The molecule has 4 nitrogen and oxygen atoms in total. The standard InChI is InChI=1S/C17H25F2N3O.2ClH/c18-14-6-7-15(19)16(13-14)21-9-11-22(12-10-21)17(23)5-3-1-2-4-8-20;;/h6-7,13H,1-5,8-12,20H2;2*1H. The lowest BCUT2D eigenvalue weighted by Gasteiger charge is -2.36. The van der Waals surface area contributed by atoms with E-state index in [4.69, 9.17) is 5.73 Å². The Balaban J connectivity index is 0.00000288. The van der Waals surface area contributed by atoms with Crippen LogP contribution in [0.4, 0.5) is 14.5 Å². The van der Waals surface area contributed by atoms with Gasteiger partial charge in [-0.2, -0.15) is 0 Å². The summed E-state index contributed by atoms with van der Waals surface area (Å²) in [6, 6.07) is 3.47. The molecule has 0 radical (unpaired) electrons. The molecule has 1 fully saturated rings. The molecular formula is C17H27Cl2F2N3O. The second-order valence-corrected chi connectivity index (χ2v) is 5.92. The third-order valence-electron chi connectivity index (χ3n) is 4.23. The number of halogens is 4. The summed E-state index contributed by atoms with van der Waals surface area (Å²) in [5, 5.41) is 0. The minimum Gasteiger partial charge on any atom is -0.366 e. The number of hydrogen-bond donors (Lipinski definition) is 1. The highest BCUT2D eigenvalue weighted by Crippen LogP contribution is 2.22. The maximum absolute atomic E-state index is 13.8. The van der Waals surface area contributed by atoms with E-state index in [1.807, 2.05) is 4.90 Å². The second kappa shape index (κ2) is 12.3. The molecule has 1 amide bonds. The average molecular weight is 398 g/mol. The van der Waals surface area contributed by atoms with Gasteiger partial charge in [-0.25, -0.2) is 8.78 Å². The van der Waals surface area contributed by atoms with Crippen molar-refractivity contribution in [2.45, 2.75) is 32.1 Å². The van der Waals surface area contributed by atoms with Crippen LogP contribution in [0.1, 0.15) is 32.1 Å². The highest BCUT2D eigenvalue weighted by Gasteiger charge is 2.22. The van der Waals surface area contributed by atoms with Gasteiger partial charge < -0.3 is 15.5 Å². The SMILES string of the molecule is Cl.Cl.NCCCCCCC(=O)N1CCN(c2cc(F)ccc2F)CC1. The zero-order chi connectivity index (χ0) is 16.7. The maximum atomic E-state index is 13.8. The molecular weight excluding hydrogens is 371 g/mol. The number of hydrogen-bond acceptors (Lipinski definition) is 3. The molecule has 1 aromatic carbocycles. The first kappa shape index (κ1) is 23.9. The number of carbonyl (C=O) groups is 1. The highest BCUT2D eigenvalue weighted by molar-refractivity contribution is 5.85. The summed E-state index contributed by atoms with van der Waals surface area (Å²) >= 11 is 0. The molecule has 8 heteroatoms. The Morgan fingerprint density at radius 2 is 1.64 bits per heavy atom. The van der Waals surface area contributed by atoms with Crippen LogP contribution in [0.25, 0.3) is 0 Å². The molecule has 2 rings (SSSR count). The number of nitrogens with zero attached hydrogens (tertiary/aromatic N) is 2. The molecule has 1 aliphatic rings. The number of amides is 1. The van der Waals surface area contributed by atoms with Crippen molar-refractivity contribution in [1.82, 2.24) is 4.90 Å². The van der Waals surface area contributed by atoms with Crippen molar-refractivity contribution in [2.75, 3.05) is 37.6 Å². The Hall–Kier alpha value is -1.11. The zero-order valence-electron chi connectivity index (χ0n) is 14.3. The Labute approximate surface area is 160 Å². The molecule has 2 N–H and O–H groups in total. The van der Waals surface area contributed by atoms with Crippen LogP contribution in [0.2, 0.25) is 0 Å². The third kappa shape index (κ3) is 7.34. The van der Waals surface area contributed by atoms with E-state index in [-0.39, 0.29) is 36.4 Å². The van der Waals surface area contributed by atoms with Crippen LogP contribution in [-0.4, -0.2) is 43.5 Å². The van der Waals surface area contributed by atoms with Crippen molar-refractivity contribution in [2.24, 2.45) is 5.73 Å². The minimum absolute atomic E-state index is 0. The van der Waals surface area contributed by atoms with Crippen molar-refractivity contribution in [3.8, 4) is 0 Å². The van der Waals surface area contributed by atoms with E-state index in [1.54, 1.807) is 4.90 Å². The molecule has 1 aliphatic heterocycles. The number of unbranched alkanes of at least 4 members (excludes halogenated alkanes) is 3. The van der Waals surface area contributed by atoms with Gasteiger partial charge >= 0.3 is 0 Å². The predicted molar refractivity (Wildman–Crippen MR) is 102 cm³/mol. The van der Waals surface area contributed by atoms with E-state index < -0.39 is 11.6 Å². The summed E-state index contributed by atoms with van der Waals surface area (Å²) < 4.78 is 27.0. The van der Waals surface area contributed by atoms with Crippen molar-refractivity contribution in [3.05, 3.63) is 29.8 Å². The van der Waals surface area contributed by atoms with Crippen molar-refractivity contribution in [3.63, 3.8) is 0 Å². The lowest BCUT2D eigenvalue weighted by Crippen LogP contribution is -2.49. The summed E-state index contributed by atoms with van der Waals surface area (Å²) in [6.07, 6.45) is 4.54. The number of nitrogens with two attached hydrogens (primary N) is 1. The molecule has 0 unspecified atom stereocenters. The van der Waals surface area contributed by atoms with Gasteiger partial charge in [0.15, 0.2) is 0 Å². The average Bonchev–Trinajstić information content (AvgIpc) is 2.57. The van der Waals surface area contributed by atoms with E-state index in [0.717, 1.165) is 37.8 Å². The molecule has 0 aliphatic carbocycles. The van der Waals surface area contributed by atoms with Crippen LogP contribution in [0, 0.1) is 11.6 Å². The topological polar surface area (TPSA) is 49.6 Å². The van der Waals surface area contributed by atoms with E-state index in [1.165, 1.54) is 6.07 Å². The number of anilines is 1. The van der Waals surface area contributed by atoms with Crippen LogP contribution >= 0.6 is 24.8 Å². The Kier molecular flexibility index (Phi) is 11.7. The molecule has 144 valence electrons. The van der Waals surface area contributed by atoms with Crippen molar-refractivity contribution >= 4 is 36.4 Å². The summed E-state index contributed by atoms with van der Waals surface area (Å²) in [4.78, 5) is 15.8. The van der Waals surface area contributed by atoms with Gasteiger partial charge in [0.25, 0.3) is 0 Å². The van der Waals surface area contributed by atoms with Gasteiger partial charge in [0.2, 0.25) is 5.91 Å². The summed E-state index contributed by atoms with van der Waals surface area (Å²) in [6.45, 7) is 2.86. The molecule has 0 spiro atoms. The molecule has 1 saturated heterocycles. The van der Waals surface area contributed by atoms with E-state index in [0.29, 0.717) is 39.1 Å². The van der Waals surface area contributed by atoms with E-state index in [9.17, 15) is 13.6 Å². The normalized spacial score (nSPS) is 13.9. The molecule has 0 bridgehead atoms. The van der Waals surface area contributed by atoms with E-state index in [2.05, 4.69) is 0 Å². The number of rotatable bonds is 7. The molecule has 1 heterocycles. The van der Waals surface area contributed by atoms with Crippen LogP contribution in [0.3, 0.4) is 0 Å². The van der Waals surface area contributed by atoms with Gasteiger partial charge in [-0.1, -0.05) is 12.8 Å². The third-order valence-corrected chi connectivity index (χ3v) is 4.23. The summed E-state index contributed by atoms with van der Waals surface area (Å²) in [5.41, 5.74) is 5.72. The molecule has 0 saturated carbocycles. The second-order valence-electron chi connectivity index (χ2n) is 5.92. The first-order chi connectivity index (χ1) is 11.1. The largest absolute Gasteiger partial charge is 0.366 e. The summed E-state index contributed by atoms with van der Waals surface area (Å²) in [7, 11) is 0. The smallest absolute Gasteiger partial charge is 0.222 e. The van der Waals surface area contributed by atoms with Crippen LogP contribution in [0.5, 0.6) is 0 Å². The Morgan fingerprint density at radius 1 is 1.00 bits per heavy atom. The van der Waals surface area contributed by atoms with Crippen LogP contribution in [0.15, 0.2) is 18.2 Å². The fourth-order valence-electron chi connectivity index (χ4n) is 2.86. The van der Waals surface area contributed by atoms with Gasteiger partial charge in [0.05, 0.1) is 5.69 Å². The quantitative estimate of drug-likeness (QED) is 0.717. The molecule has 0 atom stereocenters. The van der Waals surface area contributed by atoms with Gasteiger partial charge in [0.1, 0.15) is 11.6 Å². The first-order valence-corrected chi connectivity index (χ1v) is 8.29. The lowest BCUT2D eigenvalue weighted by atomic mass is 10.1. The van der Waals surface area contributed by atoms with Gasteiger partial charge in [-0.15, -0.1) is 24.8 Å². The Morgan fingerprint density at radius 3 is 2.28 bits per heavy atom. The number of benzene rings is 1. The summed E-state index contributed by atoms with van der Waals surface area (Å²) in [5.74, 6) is -0.722.